The summed E-state index contributed by atoms with van der Waals surface area (Å²) in [7, 11) is 5.09. The number of para-hydroxylation sites is 1. The average molecular weight is 296 g/mol. The summed E-state index contributed by atoms with van der Waals surface area (Å²) in [6, 6.07) is 5.69. The standard InChI is InChI=1S/C14H18ClN3O2/c1-17(2)13(19)9-18-10-5-4-6-11(20-3)14(10)16-12(18)7-8-15/h4-6H,7-9H2,1-3H3. The van der Waals surface area contributed by atoms with E-state index < -0.39 is 0 Å². The van der Waals surface area contributed by atoms with E-state index in [1.54, 1.807) is 26.1 Å². The molecule has 5 nitrogen and oxygen atoms in total. The van der Waals surface area contributed by atoms with E-state index in [4.69, 9.17) is 16.3 Å². The number of rotatable bonds is 5. The molecule has 0 radical (unpaired) electrons. The number of nitrogens with zero attached hydrogens (tertiary/aromatic N) is 3. The predicted molar refractivity (Wildman–Crippen MR) is 79.4 cm³/mol. The van der Waals surface area contributed by atoms with Crippen molar-refractivity contribution in [2.75, 3.05) is 27.1 Å². The van der Waals surface area contributed by atoms with Gasteiger partial charge in [0.05, 0.1) is 12.6 Å². The van der Waals surface area contributed by atoms with Crippen LogP contribution in [0.25, 0.3) is 11.0 Å². The van der Waals surface area contributed by atoms with E-state index in [2.05, 4.69) is 4.98 Å². The zero-order chi connectivity index (χ0) is 14.7. The number of imidazole rings is 1. The van der Waals surface area contributed by atoms with Gasteiger partial charge in [0.1, 0.15) is 23.6 Å². The lowest BCUT2D eigenvalue weighted by Gasteiger charge is -2.13. The highest BCUT2D eigenvalue weighted by Gasteiger charge is 2.16. The quantitative estimate of drug-likeness (QED) is 0.792. The molecular weight excluding hydrogens is 278 g/mol. The Kier molecular flexibility index (Phi) is 4.49. The van der Waals surface area contributed by atoms with E-state index in [1.165, 1.54) is 0 Å². The Balaban J connectivity index is 2.54. The number of halogens is 1. The molecule has 2 rings (SSSR count). The molecule has 0 saturated carbocycles. The molecule has 1 aromatic carbocycles. The average Bonchev–Trinajstić information content (AvgIpc) is 2.77. The summed E-state index contributed by atoms with van der Waals surface area (Å²) >= 11 is 5.83. The number of likely N-dealkylation sites (N-methyl/N-ethyl adjacent to an activating group) is 1. The smallest absolute Gasteiger partial charge is 0.242 e. The number of methoxy groups -OCH3 is 1. The van der Waals surface area contributed by atoms with E-state index in [1.807, 2.05) is 22.8 Å². The number of hydrogen-bond donors (Lipinski definition) is 0. The normalized spacial score (nSPS) is 10.8. The second kappa shape index (κ2) is 6.13. The third-order valence-electron chi connectivity index (χ3n) is 3.15. The van der Waals surface area contributed by atoms with Crippen LogP contribution in [0.4, 0.5) is 0 Å². The fourth-order valence-electron chi connectivity index (χ4n) is 2.06. The van der Waals surface area contributed by atoms with Crippen LogP contribution < -0.4 is 4.74 Å². The number of ether oxygens (including phenoxy) is 1. The summed E-state index contributed by atoms with van der Waals surface area (Å²) < 4.78 is 7.23. The monoisotopic (exact) mass is 295 g/mol. The lowest BCUT2D eigenvalue weighted by atomic mass is 10.3. The minimum atomic E-state index is 0.0166. The first-order chi connectivity index (χ1) is 9.58. The van der Waals surface area contributed by atoms with Crippen LogP contribution >= 0.6 is 11.6 Å². The Hall–Kier alpha value is -1.75. The summed E-state index contributed by atoms with van der Waals surface area (Å²) in [5.41, 5.74) is 1.65. The van der Waals surface area contributed by atoms with E-state index in [0.29, 0.717) is 18.1 Å². The molecule has 0 spiro atoms. The van der Waals surface area contributed by atoms with Crippen LogP contribution in [-0.4, -0.2) is 47.4 Å². The van der Waals surface area contributed by atoms with Crippen LogP contribution in [0.1, 0.15) is 5.82 Å². The molecule has 1 amide bonds. The van der Waals surface area contributed by atoms with Gasteiger partial charge in [0.15, 0.2) is 0 Å². The summed E-state index contributed by atoms with van der Waals surface area (Å²) in [6.45, 7) is 0.253. The van der Waals surface area contributed by atoms with Gasteiger partial charge in [-0.3, -0.25) is 4.79 Å². The largest absolute Gasteiger partial charge is 0.494 e. The van der Waals surface area contributed by atoms with Gasteiger partial charge in [-0.1, -0.05) is 6.07 Å². The first-order valence-corrected chi connectivity index (χ1v) is 6.90. The molecule has 0 atom stereocenters. The molecule has 1 heterocycles. The van der Waals surface area contributed by atoms with Gasteiger partial charge in [0.2, 0.25) is 5.91 Å². The van der Waals surface area contributed by atoms with Crippen LogP contribution in [0.2, 0.25) is 0 Å². The van der Waals surface area contributed by atoms with Crippen LogP contribution in [0.3, 0.4) is 0 Å². The lowest BCUT2D eigenvalue weighted by Crippen LogP contribution is -2.27. The van der Waals surface area contributed by atoms with Crippen molar-refractivity contribution in [1.82, 2.24) is 14.5 Å². The van der Waals surface area contributed by atoms with Crippen molar-refractivity contribution in [3.63, 3.8) is 0 Å². The van der Waals surface area contributed by atoms with Crippen molar-refractivity contribution in [2.45, 2.75) is 13.0 Å². The van der Waals surface area contributed by atoms with Gasteiger partial charge in [-0.05, 0) is 12.1 Å². The highest BCUT2D eigenvalue weighted by atomic mass is 35.5. The van der Waals surface area contributed by atoms with Gasteiger partial charge in [-0.25, -0.2) is 4.98 Å². The van der Waals surface area contributed by atoms with E-state index >= 15 is 0 Å². The van der Waals surface area contributed by atoms with Gasteiger partial charge in [0, 0.05) is 26.4 Å². The van der Waals surface area contributed by atoms with Crippen molar-refractivity contribution in [2.24, 2.45) is 0 Å². The number of aryl methyl sites for hydroxylation is 1. The Morgan fingerprint density at radius 1 is 1.45 bits per heavy atom. The topological polar surface area (TPSA) is 47.4 Å². The van der Waals surface area contributed by atoms with Crippen molar-refractivity contribution < 1.29 is 9.53 Å². The highest BCUT2D eigenvalue weighted by molar-refractivity contribution is 6.17. The number of carbonyl (C=O) groups excluding carboxylic acids is 1. The maximum atomic E-state index is 12.0. The molecule has 0 aliphatic carbocycles. The first-order valence-electron chi connectivity index (χ1n) is 6.36. The SMILES string of the molecule is COc1cccc2c1nc(CCCl)n2CC(=O)N(C)C. The molecule has 108 valence electrons. The van der Waals surface area contributed by atoms with Crippen LogP contribution in [0.5, 0.6) is 5.75 Å². The van der Waals surface area contributed by atoms with Crippen molar-refractivity contribution in [3.05, 3.63) is 24.0 Å². The zero-order valence-corrected chi connectivity index (χ0v) is 12.6. The summed E-state index contributed by atoms with van der Waals surface area (Å²) in [5, 5.41) is 0. The van der Waals surface area contributed by atoms with Gasteiger partial charge >= 0.3 is 0 Å². The summed E-state index contributed by atoms with van der Waals surface area (Å²) in [4.78, 5) is 18.1. The van der Waals surface area contributed by atoms with Gasteiger partial charge in [-0.2, -0.15) is 0 Å². The van der Waals surface area contributed by atoms with E-state index in [9.17, 15) is 4.79 Å². The number of fused-ring (bicyclic) bond motifs is 1. The minimum Gasteiger partial charge on any atom is -0.494 e. The third kappa shape index (κ3) is 2.72. The van der Waals surface area contributed by atoms with Crippen LogP contribution in [-0.2, 0) is 17.8 Å². The van der Waals surface area contributed by atoms with Gasteiger partial charge < -0.3 is 14.2 Å². The van der Waals surface area contributed by atoms with E-state index in [0.717, 1.165) is 16.9 Å². The highest BCUT2D eigenvalue weighted by Crippen LogP contribution is 2.26. The number of hydrogen-bond acceptors (Lipinski definition) is 3. The molecule has 0 unspecified atom stereocenters. The fourth-order valence-corrected chi connectivity index (χ4v) is 2.23. The maximum absolute atomic E-state index is 12.0. The predicted octanol–water partition coefficient (Wildman–Crippen LogP) is 1.91. The molecule has 0 bridgehead atoms. The molecule has 1 aromatic heterocycles. The Morgan fingerprint density at radius 2 is 2.20 bits per heavy atom. The van der Waals surface area contributed by atoms with Gasteiger partial charge in [0.25, 0.3) is 0 Å². The van der Waals surface area contributed by atoms with Crippen molar-refractivity contribution in [1.29, 1.82) is 0 Å². The second-order valence-electron chi connectivity index (χ2n) is 4.67. The molecule has 6 heteroatoms. The Morgan fingerprint density at radius 3 is 2.80 bits per heavy atom. The Labute approximate surface area is 123 Å². The number of aromatic nitrogens is 2. The number of carbonyl (C=O) groups is 1. The maximum Gasteiger partial charge on any atom is 0.242 e. The number of benzene rings is 1. The first kappa shape index (κ1) is 14.7. The molecular formula is C14H18ClN3O2. The number of alkyl halides is 1. The number of amides is 1. The molecule has 0 N–H and O–H groups in total. The van der Waals surface area contributed by atoms with Crippen molar-refractivity contribution >= 4 is 28.5 Å². The molecule has 0 saturated heterocycles. The fraction of sp³-hybridized carbons (Fsp3) is 0.429. The van der Waals surface area contributed by atoms with Crippen molar-refractivity contribution in [3.8, 4) is 5.75 Å². The second-order valence-corrected chi connectivity index (χ2v) is 5.05. The molecule has 2 aromatic rings. The molecule has 0 aliphatic rings. The third-order valence-corrected chi connectivity index (χ3v) is 3.34. The van der Waals surface area contributed by atoms with Crippen LogP contribution in [0, 0.1) is 0 Å². The summed E-state index contributed by atoms with van der Waals surface area (Å²) in [6.07, 6.45) is 0.611. The van der Waals surface area contributed by atoms with Crippen LogP contribution in [0.15, 0.2) is 18.2 Å². The minimum absolute atomic E-state index is 0.0166. The lowest BCUT2D eigenvalue weighted by molar-refractivity contribution is -0.129. The molecule has 0 fully saturated rings. The van der Waals surface area contributed by atoms with Gasteiger partial charge in [-0.15, -0.1) is 11.6 Å². The molecule has 0 aliphatic heterocycles. The summed E-state index contributed by atoms with van der Waals surface area (Å²) in [5.74, 6) is 1.98. The molecule has 20 heavy (non-hydrogen) atoms. The Bertz CT molecular complexity index is 622. The zero-order valence-electron chi connectivity index (χ0n) is 11.9. The van der Waals surface area contributed by atoms with E-state index in [-0.39, 0.29) is 12.5 Å².